The first-order chi connectivity index (χ1) is 12.3. The van der Waals surface area contributed by atoms with Crippen molar-refractivity contribution >= 4 is 11.7 Å². The van der Waals surface area contributed by atoms with Crippen LogP contribution in [0.2, 0.25) is 0 Å². The number of halogens is 1. The highest BCUT2D eigenvalue weighted by atomic mass is 19.1. The molecular weight excluding hydrogens is 335 g/mol. The number of anilines is 1. The fourth-order valence-electron chi connectivity index (χ4n) is 3.11. The lowest BCUT2D eigenvalue weighted by molar-refractivity contribution is -0.126. The lowest BCUT2D eigenvalue weighted by Crippen LogP contribution is -2.49. The van der Waals surface area contributed by atoms with E-state index >= 15 is 0 Å². The topological polar surface area (TPSA) is 78.4 Å². The Morgan fingerprint density at radius 1 is 1.35 bits per heavy atom. The van der Waals surface area contributed by atoms with Crippen molar-refractivity contribution in [2.45, 2.75) is 31.3 Å². The van der Waals surface area contributed by atoms with Crippen molar-refractivity contribution in [1.82, 2.24) is 15.3 Å². The summed E-state index contributed by atoms with van der Waals surface area (Å²) in [6.45, 7) is 4.73. The SMILES string of the molecule is CC(C)(C(=O)NC[C@]1(O)CCN(c2cnccn2)C1)c1ccc(F)cc1. The van der Waals surface area contributed by atoms with Gasteiger partial charge in [-0.05, 0) is 38.0 Å². The van der Waals surface area contributed by atoms with Crippen LogP contribution in [0.4, 0.5) is 10.2 Å². The molecule has 1 aliphatic heterocycles. The molecule has 1 atom stereocenters. The van der Waals surface area contributed by atoms with Gasteiger partial charge in [-0.25, -0.2) is 9.37 Å². The largest absolute Gasteiger partial charge is 0.386 e. The van der Waals surface area contributed by atoms with Crippen LogP contribution in [0.1, 0.15) is 25.8 Å². The molecule has 1 fully saturated rings. The van der Waals surface area contributed by atoms with E-state index < -0.39 is 11.0 Å². The predicted molar refractivity (Wildman–Crippen MR) is 96.2 cm³/mol. The molecule has 1 saturated heterocycles. The maximum absolute atomic E-state index is 13.1. The molecule has 2 aromatic rings. The van der Waals surface area contributed by atoms with Crippen LogP contribution in [-0.4, -0.2) is 46.2 Å². The molecule has 6 nitrogen and oxygen atoms in total. The molecule has 0 aliphatic carbocycles. The Balaban J connectivity index is 1.61. The minimum absolute atomic E-state index is 0.146. The minimum atomic E-state index is -1.02. The zero-order valence-corrected chi connectivity index (χ0v) is 14.9. The van der Waals surface area contributed by atoms with E-state index in [1.165, 1.54) is 12.1 Å². The minimum Gasteiger partial charge on any atom is -0.386 e. The van der Waals surface area contributed by atoms with Crippen molar-refractivity contribution in [1.29, 1.82) is 0 Å². The van der Waals surface area contributed by atoms with Crippen LogP contribution in [0.25, 0.3) is 0 Å². The van der Waals surface area contributed by atoms with Gasteiger partial charge in [0.2, 0.25) is 5.91 Å². The van der Waals surface area contributed by atoms with Gasteiger partial charge in [0, 0.05) is 32.0 Å². The van der Waals surface area contributed by atoms with Crippen LogP contribution >= 0.6 is 0 Å². The first-order valence-corrected chi connectivity index (χ1v) is 8.58. The van der Waals surface area contributed by atoms with E-state index in [-0.39, 0.29) is 18.3 Å². The van der Waals surface area contributed by atoms with Crippen LogP contribution in [-0.2, 0) is 10.2 Å². The predicted octanol–water partition coefficient (Wildman–Crippen LogP) is 1.65. The molecule has 0 saturated carbocycles. The fourth-order valence-corrected chi connectivity index (χ4v) is 3.11. The van der Waals surface area contributed by atoms with Crippen molar-refractivity contribution in [2.75, 3.05) is 24.5 Å². The number of nitrogens with zero attached hydrogens (tertiary/aromatic N) is 3. The van der Waals surface area contributed by atoms with Gasteiger partial charge in [-0.1, -0.05) is 12.1 Å². The Kier molecular flexibility index (Phi) is 4.91. The molecule has 0 unspecified atom stereocenters. The standard InChI is InChI=1S/C19H23FN4O2/c1-18(2,14-3-5-15(20)6-4-14)17(25)23-12-19(26)7-10-24(13-19)16-11-21-8-9-22-16/h3-6,8-9,11,26H,7,10,12-13H2,1-2H3,(H,23,25)/t19-/m1/s1. The summed E-state index contributed by atoms with van der Waals surface area (Å²) in [6.07, 6.45) is 5.39. The van der Waals surface area contributed by atoms with Crippen LogP contribution in [0.3, 0.4) is 0 Å². The van der Waals surface area contributed by atoms with Gasteiger partial charge < -0.3 is 15.3 Å². The number of rotatable bonds is 5. The first kappa shape index (κ1) is 18.3. The summed E-state index contributed by atoms with van der Waals surface area (Å²) in [5.74, 6) is 0.159. The van der Waals surface area contributed by atoms with Crippen LogP contribution in [0.15, 0.2) is 42.9 Å². The monoisotopic (exact) mass is 358 g/mol. The molecule has 3 rings (SSSR count). The number of hydrogen-bond acceptors (Lipinski definition) is 5. The fraction of sp³-hybridized carbons (Fsp3) is 0.421. The van der Waals surface area contributed by atoms with E-state index in [1.54, 1.807) is 44.6 Å². The lowest BCUT2D eigenvalue weighted by Gasteiger charge is -2.28. The molecule has 1 amide bonds. The molecule has 1 aromatic carbocycles. The van der Waals surface area contributed by atoms with E-state index in [9.17, 15) is 14.3 Å². The molecule has 2 N–H and O–H groups in total. The summed E-state index contributed by atoms with van der Waals surface area (Å²) >= 11 is 0. The number of amides is 1. The number of benzene rings is 1. The molecule has 2 heterocycles. The Hall–Kier alpha value is -2.54. The summed E-state index contributed by atoms with van der Waals surface area (Å²) in [4.78, 5) is 22.9. The maximum atomic E-state index is 13.1. The highest BCUT2D eigenvalue weighted by Crippen LogP contribution is 2.26. The number of aromatic nitrogens is 2. The number of carbonyl (C=O) groups excluding carboxylic acids is 1. The van der Waals surface area contributed by atoms with Crippen molar-refractivity contribution in [3.8, 4) is 0 Å². The second kappa shape index (κ2) is 6.99. The molecule has 138 valence electrons. The average molecular weight is 358 g/mol. The highest BCUT2D eigenvalue weighted by molar-refractivity contribution is 5.87. The van der Waals surface area contributed by atoms with Gasteiger partial charge >= 0.3 is 0 Å². The number of nitrogens with one attached hydrogen (secondary N) is 1. The van der Waals surface area contributed by atoms with Gasteiger partial charge in [0.15, 0.2) is 0 Å². The van der Waals surface area contributed by atoms with Crippen LogP contribution in [0, 0.1) is 5.82 Å². The van der Waals surface area contributed by atoms with E-state index in [4.69, 9.17) is 0 Å². The van der Waals surface area contributed by atoms with Gasteiger partial charge in [-0.2, -0.15) is 0 Å². The van der Waals surface area contributed by atoms with Crippen LogP contribution < -0.4 is 10.2 Å². The van der Waals surface area contributed by atoms with E-state index in [0.29, 0.717) is 25.3 Å². The van der Waals surface area contributed by atoms with Crippen molar-refractivity contribution in [3.63, 3.8) is 0 Å². The molecule has 7 heteroatoms. The second-order valence-corrected chi connectivity index (χ2v) is 7.27. The summed E-state index contributed by atoms with van der Waals surface area (Å²) < 4.78 is 13.1. The van der Waals surface area contributed by atoms with Gasteiger partial charge in [-0.15, -0.1) is 0 Å². The average Bonchev–Trinajstić information content (AvgIpc) is 3.03. The first-order valence-electron chi connectivity index (χ1n) is 8.58. The zero-order valence-electron chi connectivity index (χ0n) is 14.9. The van der Waals surface area contributed by atoms with Gasteiger partial charge in [0.1, 0.15) is 17.2 Å². The number of aliphatic hydroxyl groups is 1. The quantitative estimate of drug-likeness (QED) is 0.850. The molecule has 26 heavy (non-hydrogen) atoms. The maximum Gasteiger partial charge on any atom is 0.230 e. The third-order valence-corrected chi connectivity index (χ3v) is 4.92. The number of hydrogen-bond donors (Lipinski definition) is 2. The van der Waals surface area contributed by atoms with E-state index in [0.717, 1.165) is 5.56 Å². The third-order valence-electron chi connectivity index (χ3n) is 4.92. The Labute approximate surface area is 152 Å². The Morgan fingerprint density at radius 2 is 2.08 bits per heavy atom. The molecular formula is C19H23FN4O2. The zero-order chi connectivity index (χ0) is 18.8. The number of β-amino-alcohol motifs (C(OH)–C–C–N with tert-alkyl or cyclic N) is 1. The van der Waals surface area contributed by atoms with Crippen molar-refractivity contribution in [3.05, 3.63) is 54.2 Å². The number of carbonyl (C=O) groups is 1. The molecule has 1 aromatic heterocycles. The van der Waals surface area contributed by atoms with Crippen LogP contribution in [0.5, 0.6) is 0 Å². The van der Waals surface area contributed by atoms with Gasteiger partial charge in [0.25, 0.3) is 0 Å². The van der Waals surface area contributed by atoms with Crippen molar-refractivity contribution < 1.29 is 14.3 Å². The Bertz CT molecular complexity index is 767. The van der Waals surface area contributed by atoms with Gasteiger partial charge in [-0.3, -0.25) is 9.78 Å². The molecule has 0 spiro atoms. The summed E-state index contributed by atoms with van der Waals surface area (Å²) in [5, 5.41) is 13.6. The molecule has 0 bridgehead atoms. The third kappa shape index (κ3) is 3.83. The Morgan fingerprint density at radius 3 is 2.73 bits per heavy atom. The van der Waals surface area contributed by atoms with E-state index in [2.05, 4.69) is 15.3 Å². The van der Waals surface area contributed by atoms with E-state index in [1.807, 2.05) is 4.90 Å². The normalized spacial score (nSPS) is 20.2. The summed E-state index contributed by atoms with van der Waals surface area (Å²) in [6, 6.07) is 5.89. The highest BCUT2D eigenvalue weighted by Gasteiger charge is 2.38. The second-order valence-electron chi connectivity index (χ2n) is 7.27. The molecule has 1 aliphatic rings. The summed E-state index contributed by atoms with van der Waals surface area (Å²) in [7, 11) is 0. The summed E-state index contributed by atoms with van der Waals surface area (Å²) in [5.41, 5.74) is -1.13. The smallest absolute Gasteiger partial charge is 0.230 e. The van der Waals surface area contributed by atoms with Gasteiger partial charge in [0.05, 0.1) is 11.6 Å². The lowest BCUT2D eigenvalue weighted by atomic mass is 9.83. The molecule has 0 radical (unpaired) electrons. The van der Waals surface area contributed by atoms with Crippen molar-refractivity contribution in [2.24, 2.45) is 0 Å².